The van der Waals surface area contributed by atoms with Crippen LogP contribution in [0.15, 0.2) is 41.0 Å². The van der Waals surface area contributed by atoms with Crippen molar-refractivity contribution in [3.8, 4) is 0 Å². The molecule has 1 aliphatic rings. The van der Waals surface area contributed by atoms with E-state index in [4.69, 9.17) is 4.42 Å². The number of anilines is 1. The second-order valence-corrected chi connectivity index (χ2v) is 7.48. The second-order valence-electron chi connectivity index (χ2n) is 7.48. The summed E-state index contributed by atoms with van der Waals surface area (Å²) in [6, 6.07) is 7.81. The molecular weight excluding hydrogens is 372 g/mol. The Morgan fingerprint density at radius 2 is 1.79 bits per heavy atom. The first kappa shape index (κ1) is 20.6. The predicted molar refractivity (Wildman–Crippen MR) is 108 cm³/mol. The van der Waals surface area contributed by atoms with Crippen LogP contribution >= 0.6 is 0 Å². The van der Waals surface area contributed by atoms with E-state index in [1.165, 1.54) is 6.26 Å². The minimum atomic E-state index is -0.868. The van der Waals surface area contributed by atoms with E-state index in [-0.39, 0.29) is 11.7 Å². The van der Waals surface area contributed by atoms with Crippen LogP contribution in [0.3, 0.4) is 0 Å². The number of aryl methyl sites for hydroxylation is 1. The van der Waals surface area contributed by atoms with Crippen LogP contribution in [0.5, 0.6) is 0 Å². The molecule has 0 spiro atoms. The number of carbonyl (C=O) groups excluding carboxylic acids is 2. The number of aliphatic carboxylic acids is 1. The highest BCUT2D eigenvalue weighted by Gasteiger charge is 2.30. The highest BCUT2D eigenvalue weighted by molar-refractivity contribution is 6.04. The van der Waals surface area contributed by atoms with Gasteiger partial charge >= 0.3 is 5.97 Å². The molecule has 2 atom stereocenters. The number of nitrogens with one attached hydrogen (secondary N) is 2. The summed E-state index contributed by atoms with van der Waals surface area (Å²) in [5.41, 5.74) is 1.68. The molecule has 1 heterocycles. The van der Waals surface area contributed by atoms with Crippen molar-refractivity contribution in [3.63, 3.8) is 0 Å². The largest absolute Gasteiger partial charge is 0.481 e. The molecule has 0 bridgehead atoms. The van der Waals surface area contributed by atoms with Crippen molar-refractivity contribution >= 4 is 23.5 Å². The molecule has 154 valence electrons. The van der Waals surface area contributed by atoms with Gasteiger partial charge in [-0.2, -0.15) is 0 Å². The lowest BCUT2D eigenvalue weighted by atomic mass is 9.86. The zero-order valence-corrected chi connectivity index (χ0v) is 16.4. The monoisotopic (exact) mass is 398 g/mol. The molecule has 0 saturated heterocycles. The standard InChI is InChI=1S/C22H26N2O5/c1-14-10-11-15(13-18(14)24-21(26)19-9-6-12-29-19)20(25)23-17-8-5-3-2-4-7-16(17)22(27)28/h6,9-13,16-17H,2-5,7-8H2,1H3,(H,23,25)(H,24,26)(H,27,28). The Bertz CT molecular complexity index is 875. The van der Waals surface area contributed by atoms with Gasteiger partial charge in [-0.3, -0.25) is 14.4 Å². The van der Waals surface area contributed by atoms with E-state index in [0.29, 0.717) is 24.1 Å². The van der Waals surface area contributed by atoms with Crippen molar-refractivity contribution in [2.24, 2.45) is 5.92 Å². The van der Waals surface area contributed by atoms with Crippen LogP contribution in [0.2, 0.25) is 0 Å². The van der Waals surface area contributed by atoms with Crippen LogP contribution in [0.1, 0.15) is 65.0 Å². The summed E-state index contributed by atoms with van der Waals surface area (Å²) < 4.78 is 5.09. The fraction of sp³-hybridized carbons (Fsp3) is 0.409. The number of furan rings is 1. The first-order valence-corrected chi connectivity index (χ1v) is 9.95. The Hall–Kier alpha value is -3.09. The normalized spacial score (nSPS) is 19.6. The van der Waals surface area contributed by atoms with Crippen molar-refractivity contribution in [2.75, 3.05) is 5.32 Å². The average molecular weight is 398 g/mol. The number of hydrogen-bond donors (Lipinski definition) is 3. The quantitative estimate of drug-likeness (QED) is 0.705. The number of hydrogen-bond acceptors (Lipinski definition) is 4. The predicted octanol–water partition coefficient (Wildman–Crippen LogP) is 3.99. The summed E-state index contributed by atoms with van der Waals surface area (Å²) in [6.45, 7) is 1.83. The summed E-state index contributed by atoms with van der Waals surface area (Å²) in [5.74, 6) is -2.01. The Morgan fingerprint density at radius 1 is 1.03 bits per heavy atom. The molecule has 0 aliphatic heterocycles. The van der Waals surface area contributed by atoms with Gasteiger partial charge in [-0.1, -0.05) is 31.7 Å². The lowest BCUT2D eigenvalue weighted by molar-refractivity contribution is -0.143. The lowest BCUT2D eigenvalue weighted by Crippen LogP contribution is -2.44. The summed E-state index contributed by atoms with van der Waals surface area (Å²) in [7, 11) is 0. The van der Waals surface area contributed by atoms with E-state index in [0.717, 1.165) is 31.2 Å². The summed E-state index contributed by atoms with van der Waals surface area (Å²) >= 11 is 0. The number of carboxylic acids is 1. The maximum atomic E-state index is 12.8. The summed E-state index contributed by atoms with van der Waals surface area (Å²) in [5, 5.41) is 15.2. The smallest absolute Gasteiger partial charge is 0.308 e. The zero-order chi connectivity index (χ0) is 20.8. The molecule has 7 nitrogen and oxygen atoms in total. The topological polar surface area (TPSA) is 109 Å². The molecule has 1 aliphatic carbocycles. The minimum absolute atomic E-state index is 0.179. The lowest BCUT2D eigenvalue weighted by Gasteiger charge is -2.27. The molecule has 29 heavy (non-hydrogen) atoms. The zero-order valence-electron chi connectivity index (χ0n) is 16.4. The number of rotatable bonds is 5. The highest BCUT2D eigenvalue weighted by atomic mass is 16.4. The van der Waals surface area contributed by atoms with Crippen LogP contribution in [-0.2, 0) is 4.79 Å². The molecule has 7 heteroatoms. The van der Waals surface area contributed by atoms with Gasteiger partial charge in [0.05, 0.1) is 12.2 Å². The highest BCUT2D eigenvalue weighted by Crippen LogP contribution is 2.24. The minimum Gasteiger partial charge on any atom is -0.481 e. The van der Waals surface area contributed by atoms with Crippen LogP contribution in [-0.4, -0.2) is 28.9 Å². The third kappa shape index (κ3) is 5.25. The van der Waals surface area contributed by atoms with Crippen molar-refractivity contribution in [2.45, 2.75) is 51.5 Å². The fourth-order valence-electron chi connectivity index (χ4n) is 3.69. The molecule has 0 radical (unpaired) electrons. The van der Waals surface area contributed by atoms with Gasteiger partial charge in [0.15, 0.2) is 5.76 Å². The molecule has 2 amide bonds. The number of carbonyl (C=O) groups is 3. The molecule has 3 N–H and O–H groups in total. The number of benzene rings is 1. The van der Waals surface area contributed by atoms with Gasteiger partial charge in [-0.15, -0.1) is 0 Å². The van der Waals surface area contributed by atoms with E-state index < -0.39 is 23.8 Å². The third-order valence-corrected chi connectivity index (χ3v) is 5.39. The first-order valence-electron chi connectivity index (χ1n) is 9.95. The maximum Gasteiger partial charge on any atom is 0.308 e. The van der Waals surface area contributed by atoms with Crippen molar-refractivity contribution in [1.29, 1.82) is 0 Å². The van der Waals surface area contributed by atoms with Crippen LogP contribution in [0.4, 0.5) is 5.69 Å². The van der Waals surface area contributed by atoms with Gasteiger partial charge < -0.3 is 20.2 Å². The molecule has 2 unspecified atom stereocenters. The van der Waals surface area contributed by atoms with Crippen LogP contribution in [0, 0.1) is 12.8 Å². The van der Waals surface area contributed by atoms with Gasteiger partial charge in [-0.05, 0) is 49.6 Å². The Labute approximate surface area is 169 Å². The average Bonchev–Trinajstić information content (AvgIpc) is 3.20. The van der Waals surface area contributed by atoms with Gasteiger partial charge in [0.2, 0.25) is 0 Å². The van der Waals surface area contributed by atoms with E-state index in [1.54, 1.807) is 30.3 Å². The van der Waals surface area contributed by atoms with Crippen LogP contribution in [0.25, 0.3) is 0 Å². The second kappa shape index (κ2) is 9.41. The third-order valence-electron chi connectivity index (χ3n) is 5.39. The molecular formula is C22H26N2O5. The van der Waals surface area contributed by atoms with E-state index in [9.17, 15) is 19.5 Å². The molecule has 1 saturated carbocycles. The van der Waals surface area contributed by atoms with Crippen molar-refractivity contribution in [1.82, 2.24) is 5.32 Å². The Balaban J connectivity index is 1.74. The maximum absolute atomic E-state index is 12.8. The van der Waals surface area contributed by atoms with Gasteiger partial charge in [-0.25, -0.2) is 0 Å². The number of amides is 2. The van der Waals surface area contributed by atoms with Gasteiger partial charge in [0.25, 0.3) is 11.8 Å². The fourth-order valence-corrected chi connectivity index (χ4v) is 3.69. The number of carboxylic acid groups (broad SMARTS) is 1. The molecule has 3 rings (SSSR count). The van der Waals surface area contributed by atoms with Gasteiger partial charge in [0, 0.05) is 17.3 Å². The van der Waals surface area contributed by atoms with Crippen molar-refractivity contribution in [3.05, 3.63) is 53.5 Å². The van der Waals surface area contributed by atoms with Gasteiger partial charge in [0.1, 0.15) is 0 Å². The SMILES string of the molecule is Cc1ccc(C(=O)NC2CCCCCCC2C(=O)O)cc1NC(=O)c1ccco1. The Kier molecular flexibility index (Phi) is 6.69. The molecule has 1 fully saturated rings. The van der Waals surface area contributed by atoms with E-state index >= 15 is 0 Å². The summed E-state index contributed by atoms with van der Waals surface area (Å²) in [6.07, 6.45) is 6.46. The molecule has 1 aromatic carbocycles. The Morgan fingerprint density at radius 3 is 2.48 bits per heavy atom. The molecule has 2 aromatic rings. The van der Waals surface area contributed by atoms with Crippen molar-refractivity contribution < 1.29 is 23.9 Å². The van der Waals surface area contributed by atoms with Crippen LogP contribution < -0.4 is 10.6 Å². The molecule has 1 aromatic heterocycles. The van der Waals surface area contributed by atoms with E-state index in [2.05, 4.69) is 10.6 Å². The van der Waals surface area contributed by atoms with E-state index in [1.807, 2.05) is 6.92 Å². The summed E-state index contributed by atoms with van der Waals surface area (Å²) in [4.78, 5) is 36.7. The first-order chi connectivity index (χ1) is 14.0.